The van der Waals surface area contributed by atoms with E-state index in [1.54, 1.807) is 43.3 Å². The number of rotatable bonds is 5. The number of nitro groups is 1. The number of ether oxygens (including phenoxy) is 1. The molecule has 1 heterocycles. The molecule has 1 N–H and O–H groups in total. The first-order valence-corrected chi connectivity index (χ1v) is 8.40. The van der Waals surface area contributed by atoms with Crippen molar-refractivity contribution >= 4 is 28.9 Å². The SMILES string of the molecule is COc1ccccc1N1C[C@@H](C(=O)Nc2ccc(C)c([N+](=O)[O-])c2)CC1=O. The summed E-state index contributed by atoms with van der Waals surface area (Å²) >= 11 is 0. The fraction of sp³-hybridized carbons (Fsp3) is 0.263. The predicted molar refractivity (Wildman–Crippen MR) is 99.9 cm³/mol. The van der Waals surface area contributed by atoms with Crippen LogP contribution in [0.25, 0.3) is 0 Å². The van der Waals surface area contributed by atoms with Crippen molar-refractivity contribution in [1.82, 2.24) is 0 Å². The molecule has 8 nitrogen and oxygen atoms in total. The van der Waals surface area contributed by atoms with Gasteiger partial charge in [0.2, 0.25) is 11.8 Å². The number of hydrogen-bond donors (Lipinski definition) is 1. The van der Waals surface area contributed by atoms with Gasteiger partial charge in [-0.05, 0) is 25.1 Å². The second-order valence-corrected chi connectivity index (χ2v) is 6.32. The molecule has 8 heteroatoms. The van der Waals surface area contributed by atoms with Crippen LogP contribution in [-0.4, -0.2) is 30.4 Å². The summed E-state index contributed by atoms with van der Waals surface area (Å²) in [6.45, 7) is 1.85. The van der Waals surface area contributed by atoms with Crippen LogP contribution in [0.4, 0.5) is 17.1 Å². The fourth-order valence-electron chi connectivity index (χ4n) is 3.10. The van der Waals surface area contributed by atoms with Gasteiger partial charge in [-0.25, -0.2) is 0 Å². The minimum Gasteiger partial charge on any atom is -0.495 e. The van der Waals surface area contributed by atoms with E-state index in [2.05, 4.69) is 5.32 Å². The summed E-state index contributed by atoms with van der Waals surface area (Å²) in [5.74, 6) is -0.516. The van der Waals surface area contributed by atoms with Gasteiger partial charge in [0, 0.05) is 30.3 Å². The Morgan fingerprint density at radius 1 is 1.30 bits per heavy atom. The van der Waals surface area contributed by atoms with Gasteiger partial charge >= 0.3 is 0 Å². The van der Waals surface area contributed by atoms with E-state index in [0.717, 1.165) is 0 Å². The van der Waals surface area contributed by atoms with Gasteiger partial charge in [-0.1, -0.05) is 18.2 Å². The number of carbonyl (C=O) groups excluding carboxylic acids is 2. The minimum atomic E-state index is -0.553. The first kappa shape index (κ1) is 18.4. The Labute approximate surface area is 155 Å². The minimum absolute atomic E-state index is 0.0639. The third kappa shape index (κ3) is 3.74. The molecule has 0 aromatic heterocycles. The number of aryl methyl sites for hydroxylation is 1. The maximum Gasteiger partial charge on any atom is 0.274 e. The van der Waals surface area contributed by atoms with E-state index in [9.17, 15) is 19.7 Å². The second-order valence-electron chi connectivity index (χ2n) is 6.32. The maximum atomic E-state index is 12.6. The van der Waals surface area contributed by atoms with Gasteiger partial charge in [0.15, 0.2) is 0 Å². The molecule has 1 fully saturated rings. The van der Waals surface area contributed by atoms with Gasteiger partial charge in [-0.15, -0.1) is 0 Å². The molecule has 1 aliphatic heterocycles. The number of carbonyl (C=O) groups is 2. The van der Waals surface area contributed by atoms with Gasteiger partial charge in [-0.3, -0.25) is 19.7 Å². The normalized spacial score (nSPS) is 16.3. The highest BCUT2D eigenvalue weighted by molar-refractivity contribution is 6.04. The molecule has 0 aliphatic carbocycles. The maximum absolute atomic E-state index is 12.6. The van der Waals surface area contributed by atoms with Crippen molar-refractivity contribution in [2.75, 3.05) is 23.9 Å². The zero-order chi connectivity index (χ0) is 19.6. The average molecular weight is 369 g/mol. The molecule has 27 heavy (non-hydrogen) atoms. The summed E-state index contributed by atoms with van der Waals surface area (Å²) in [7, 11) is 1.52. The Hall–Kier alpha value is -3.42. The Bertz CT molecular complexity index is 912. The second kappa shape index (κ2) is 7.45. The number of methoxy groups -OCH3 is 1. The summed E-state index contributed by atoms with van der Waals surface area (Å²) in [5, 5.41) is 13.7. The van der Waals surface area contributed by atoms with Gasteiger partial charge in [-0.2, -0.15) is 0 Å². The lowest BCUT2D eigenvalue weighted by atomic mass is 10.1. The van der Waals surface area contributed by atoms with Crippen molar-refractivity contribution in [3.63, 3.8) is 0 Å². The molecule has 2 aromatic rings. The van der Waals surface area contributed by atoms with Crippen LogP contribution in [0.1, 0.15) is 12.0 Å². The molecule has 1 saturated heterocycles. The Balaban J connectivity index is 1.75. The lowest BCUT2D eigenvalue weighted by Gasteiger charge is -2.19. The van der Waals surface area contributed by atoms with E-state index in [1.807, 2.05) is 0 Å². The van der Waals surface area contributed by atoms with Crippen LogP contribution in [0.3, 0.4) is 0 Å². The van der Waals surface area contributed by atoms with Crippen LogP contribution in [0.15, 0.2) is 42.5 Å². The predicted octanol–water partition coefficient (Wildman–Crippen LogP) is 2.90. The Kier molecular flexibility index (Phi) is 5.07. The largest absolute Gasteiger partial charge is 0.495 e. The molecule has 1 aliphatic rings. The molecular weight excluding hydrogens is 350 g/mol. The number of nitro benzene ring substituents is 1. The van der Waals surface area contributed by atoms with Crippen LogP contribution in [0, 0.1) is 23.0 Å². The van der Waals surface area contributed by atoms with E-state index >= 15 is 0 Å². The van der Waals surface area contributed by atoms with Crippen LogP contribution >= 0.6 is 0 Å². The number of hydrogen-bond acceptors (Lipinski definition) is 5. The third-order valence-electron chi connectivity index (χ3n) is 4.55. The monoisotopic (exact) mass is 369 g/mol. The number of anilines is 2. The molecule has 140 valence electrons. The number of nitrogens with one attached hydrogen (secondary N) is 1. The number of para-hydroxylation sites is 2. The van der Waals surface area contributed by atoms with Crippen LogP contribution < -0.4 is 15.0 Å². The van der Waals surface area contributed by atoms with E-state index in [-0.39, 0.29) is 30.5 Å². The topological polar surface area (TPSA) is 102 Å². The van der Waals surface area contributed by atoms with E-state index in [0.29, 0.717) is 22.7 Å². The fourth-order valence-corrected chi connectivity index (χ4v) is 3.10. The zero-order valence-electron chi connectivity index (χ0n) is 15.0. The van der Waals surface area contributed by atoms with Crippen molar-refractivity contribution in [2.45, 2.75) is 13.3 Å². The van der Waals surface area contributed by atoms with Gasteiger partial charge in [0.05, 0.1) is 23.6 Å². The quantitative estimate of drug-likeness (QED) is 0.645. The van der Waals surface area contributed by atoms with Crippen LogP contribution in [0.2, 0.25) is 0 Å². The van der Waals surface area contributed by atoms with Crippen molar-refractivity contribution in [3.8, 4) is 5.75 Å². The average Bonchev–Trinajstić information content (AvgIpc) is 3.04. The molecule has 2 aromatic carbocycles. The summed E-state index contributed by atoms with van der Waals surface area (Å²) < 4.78 is 5.29. The lowest BCUT2D eigenvalue weighted by Crippen LogP contribution is -2.28. The summed E-state index contributed by atoms with van der Waals surface area (Å²) in [5.41, 5.74) is 1.40. The molecule has 0 unspecified atom stereocenters. The highest BCUT2D eigenvalue weighted by atomic mass is 16.6. The van der Waals surface area contributed by atoms with E-state index in [4.69, 9.17) is 4.74 Å². The zero-order valence-corrected chi connectivity index (χ0v) is 15.0. The summed E-state index contributed by atoms with van der Waals surface area (Å²) in [4.78, 5) is 37.1. The van der Waals surface area contributed by atoms with E-state index in [1.165, 1.54) is 18.1 Å². The molecule has 0 bridgehead atoms. The van der Waals surface area contributed by atoms with E-state index < -0.39 is 10.8 Å². The number of nitrogens with zero attached hydrogens (tertiary/aromatic N) is 2. The first-order valence-electron chi connectivity index (χ1n) is 8.40. The molecule has 1 atom stereocenters. The van der Waals surface area contributed by atoms with Crippen molar-refractivity contribution in [3.05, 3.63) is 58.1 Å². The van der Waals surface area contributed by atoms with Gasteiger partial charge in [0.1, 0.15) is 5.75 Å². The standard InChI is InChI=1S/C19H19N3O5/c1-12-7-8-14(10-16(12)22(25)26)20-19(24)13-9-18(23)21(11-13)15-5-3-4-6-17(15)27-2/h3-8,10,13H,9,11H2,1-2H3,(H,20,24)/t13-/m0/s1. The van der Waals surface area contributed by atoms with Crippen LogP contribution in [-0.2, 0) is 9.59 Å². The first-order chi connectivity index (χ1) is 12.9. The van der Waals surface area contributed by atoms with Crippen molar-refractivity contribution < 1.29 is 19.2 Å². The molecule has 0 saturated carbocycles. The molecular formula is C19H19N3O5. The number of amides is 2. The highest BCUT2D eigenvalue weighted by Gasteiger charge is 2.36. The van der Waals surface area contributed by atoms with Crippen molar-refractivity contribution in [1.29, 1.82) is 0 Å². The lowest BCUT2D eigenvalue weighted by molar-refractivity contribution is -0.385. The molecule has 2 amide bonds. The molecule has 3 rings (SSSR count). The Morgan fingerprint density at radius 3 is 2.74 bits per heavy atom. The molecule has 0 radical (unpaired) electrons. The van der Waals surface area contributed by atoms with Crippen LogP contribution in [0.5, 0.6) is 5.75 Å². The summed E-state index contributed by atoms with van der Waals surface area (Å²) in [6, 6.07) is 11.6. The van der Waals surface area contributed by atoms with Gasteiger partial charge in [0.25, 0.3) is 5.69 Å². The van der Waals surface area contributed by atoms with Crippen molar-refractivity contribution in [2.24, 2.45) is 5.92 Å². The van der Waals surface area contributed by atoms with Gasteiger partial charge < -0.3 is 15.0 Å². The smallest absolute Gasteiger partial charge is 0.274 e. The summed E-state index contributed by atoms with van der Waals surface area (Å²) in [6.07, 6.45) is 0.0673. The molecule has 0 spiro atoms. The highest BCUT2D eigenvalue weighted by Crippen LogP contribution is 2.33. The third-order valence-corrected chi connectivity index (χ3v) is 4.55. The number of benzene rings is 2. The Morgan fingerprint density at radius 2 is 2.04 bits per heavy atom.